The Morgan fingerprint density at radius 1 is 1.56 bits per heavy atom. The van der Waals surface area contributed by atoms with E-state index in [1.807, 2.05) is 6.92 Å². The van der Waals surface area contributed by atoms with Gasteiger partial charge in [-0.15, -0.1) is 11.8 Å². The molecule has 6 heteroatoms. The van der Waals surface area contributed by atoms with Crippen molar-refractivity contribution in [1.82, 2.24) is 0 Å². The van der Waals surface area contributed by atoms with E-state index in [1.165, 1.54) is 11.8 Å². The summed E-state index contributed by atoms with van der Waals surface area (Å²) in [7, 11) is 0. The molecule has 0 rings (SSSR count). The van der Waals surface area contributed by atoms with Gasteiger partial charge in [0, 0.05) is 6.42 Å². The Morgan fingerprint density at radius 3 is 2.50 bits per heavy atom. The van der Waals surface area contributed by atoms with Gasteiger partial charge in [0.05, 0.1) is 10.3 Å². The molecule has 0 aliphatic rings. The molecule has 1 atom stereocenters. The van der Waals surface area contributed by atoms with Crippen molar-refractivity contribution >= 4 is 51.2 Å². The van der Waals surface area contributed by atoms with Crippen molar-refractivity contribution < 1.29 is 9.90 Å². The van der Waals surface area contributed by atoms with Crippen molar-refractivity contribution in [2.45, 2.75) is 26.7 Å². The lowest BCUT2D eigenvalue weighted by Crippen LogP contribution is -2.28. The van der Waals surface area contributed by atoms with Crippen LogP contribution in [0.3, 0.4) is 0 Å². The van der Waals surface area contributed by atoms with E-state index in [0.717, 1.165) is 12.2 Å². The molecule has 1 unspecified atom stereocenters. The fourth-order valence-electron chi connectivity index (χ4n) is 0.908. The zero-order valence-corrected chi connectivity index (χ0v) is 11.6. The smallest absolute Gasteiger partial charge is 0.342 e. The maximum Gasteiger partial charge on any atom is 0.342 e. The molecule has 0 amide bonds. The van der Waals surface area contributed by atoms with Crippen LogP contribution < -0.4 is 0 Å². The first-order valence-electron chi connectivity index (χ1n) is 4.72. The van der Waals surface area contributed by atoms with Gasteiger partial charge in [0.2, 0.25) is 0 Å². The largest absolute Gasteiger partial charge is 0.477 e. The van der Waals surface area contributed by atoms with Crippen LogP contribution in [0.4, 0.5) is 0 Å². The first-order chi connectivity index (χ1) is 7.37. The highest BCUT2D eigenvalue weighted by molar-refractivity contribution is 8.23. The third-order valence-electron chi connectivity index (χ3n) is 1.89. The van der Waals surface area contributed by atoms with Crippen LogP contribution in [-0.2, 0) is 4.79 Å². The molecule has 16 heavy (non-hydrogen) atoms. The minimum absolute atomic E-state index is 0.00368. The molecule has 0 aliphatic carbocycles. The van der Waals surface area contributed by atoms with E-state index in [0.29, 0.717) is 4.20 Å². The van der Waals surface area contributed by atoms with Gasteiger partial charge in [0.25, 0.3) is 0 Å². The molecular formula is C10H13NO2S3. The van der Waals surface area contributed by atoms with Crippen LogP contribution >= 0.6 is 36.2 Å². The SMILES string of the molecule is CCCSC(=S)C(C)(C#N)CC(=S)C(=O)O. The van der Waals surface area contributed by atoms with Crippen LogP contribution in [0, 0.1) is 16.7 Å². The number of thioether (sulfide) groups is 1. The first kappa shape index (κ1) is 15.5. The van der Waals surface area contributed by atoms with E-state index >= 15 is 0 Å². The molecular weight excluding hydrogens is 262 g/mol. The number of aliphatic carboxylic acids is 1. The molecule has 1 N–H and O–H groups in total. The van der Waals surface area contributed by atoms with Gasteiger partial charge in [-0.3, -0.25) is 0 Å². The van der Waals surface area contributed by atoms with Crippen LogP contribution in [0.5, 0.6) is 0 Å². The second-order valence-electron chi connectivity index (χ2n) is 3.48. The summed E-state index contributed by atoms with van der Waals surface area (Å²) in [5, 5.41) is 17.8. The van der Waals surface area contributed by atoms with Crippen LogP contribution in [-0.4, -0.2) is 25.9 Å². The van der Waals surface area contributed by atoms with Crippen molar-refractivity contribution in [2.75, 3.05) is 5.75 Å². The molecule has 0 aromatic carbocycles. The lowest BCUT2D eigenvalue weighted by Gasteiger charge is -2.21. The number of carbonyl (C=O) groups is 1. The Morgan fingerprint density at radius 2 is 2.12 bits per heavy atom. The van der Waals surface area contributed by atoms with Gasteiger partial charge in [-0.05, 0) is 19.1 Å². The van der Waals surface area contributed by atoms with Crippen molar-refractivity contribution in [1.29, 1.82) is 5.26 Å². The maximum absolute atomic E-state index is 10.6. The van der Waals surface area contributed by atoms with Gasteiger partial charge in [-0.2, -0.15) is 5.26 Å². The van der Waals surface area contributed by atoms with Crippen LogP contribution in [0.2, 0.25) is 0 Å². The highest BCUT2D eigenvalue weighted by atomic mass is 32.2. The number of thiocarbonyl (C=S) groups is 2. The Balaban J connectivity index is 4.66. The number of nitrogens with zero attached hydrogens (tertiary/aromatic N) is 1. The number of hydrogen-bond acceptors (Lipinski definition) is 5. The minimum atomic E-state index is -1.15. The van der Waals surface area contributed by atoms with E-state index in [2.05, 4.69) is 6.07 Å². The summed E-state index contributed by atoms with van der Waals surface area (Å²) in [5.74, 6) is -0.324. The van der Waals surface area contributed by atoms with Gasteiger partial charge in [-0.25, -0.2) is 4.79 Å². The monoisotopic (exact) mass is 275 g/mol. The Hall–Kier alpha value is -0.510. The molecule has 0 radical (unpaired) electrons. The molecule has 3 nitrogen and oxygen atoms in total. The minimum Gasteiger partial charge on any atom is -0.477 e. The molecule has 0 spiro atoms. The van der Waals surface area contributed by atoms with Crippen molar-refractivity contribution in [3.8, 4) is 6.07 Å². The number of hydrogen-bond donors (Lipinski definition) is 1. The van der Waals surface area contributed by atoms with E-state index in [1.54, 1.807) is 6.92 Å². The van der Waals surface area contributed by atoms with Crippen molar-refractivity contribution in [3.63, 3.8) is 0 Å². The second kappa shape index (κ2) is 6.94. The molecule has 88 valence electrons. The van der Waals surface area contributed by atoms with E-state index in [-0.39, 0.29) is 11.3 Å². The predicted octanol–water partition coefficient (Wildman–Crippen LogP) is 2.83. The van der Waals surface area contributed by atoms with E-state index < -0.39 is 11.4 Å². The topological polar surface area (TPSA) is 61.1 Å². The number of carboxylic acids is 1. The van der Waals surface area contributed by atoms with Crippen LogP contribution in [0.15, 0.2) is 0 Å². The summed E-state index contributed by atoms with van der Waals surface area (Å²) in [5.41, 5.74) is -0.968. The summed E-state index contributed by atoms with van der Waals surface area (Å²) >= 11 is 11.3. The van der Waals surface area contributed by atoms with Crippen LogP contribution in [0.25, 0.3) is 0 Å². The average Bonchev–Trinajstić information content (AvgIpc) is 2.25. The van der Waals surface area contributed by atoms with Gasteiger partial charge in [-0.1, -0.05) is 31.4 Å². The normalized spacial score (nSPS) is 13.6. The number of nitriles is 1. The molecule has 0 fully saturated rings. The lowest BCUT2D eigenvalue weighted by atomic mass is 9.89. The molecule has 0 saturated carbocycles. The van der Waals surface area contributed by atoms with E-state index in [4.69, 9.17) is 34.8 Å². The quantitative estimate of drug-likeness (QED) is 0.752. The maximum atomic E-state index is 10.6. The zero-order valence-electron chi connectivity index (χ0n) is 9.15. The lowest BCUT2D eigenvalue weighted by molar-refractivity contribution is -0.129. The summed E-state index contributed by atoms with van der Waals surface area (Å²) in [4.78, 5) is 10.5. The molecule has 0 bridgehead atoms. The summed E-state index contributed by atoms with van der Waals surface area (Å²) in [6.45, 7) is 3.65. The molecule has 0 aromatic rings. The summed E-state index contributed by atoms with van der Waals surface area (Å²) in [6, 6.07) is 2.06. The fourth-order valence-corrected chi connectivity index (χ4v) is 2.39. The molecule has 0 aromatic heterocycles. The van der Waals surface area contributed by atoms with Gasteiger partial charge in [0.1, 0.15) is 10.3 Å². The summed E-state index contributed by atoms with van der Waals surface area (Å²) in [6.07, 6.45) is 0.958. The van der Waals surface area contributed by atoms with Gasteiger partial charge in [0.15, 0.2) is 0 Å². The third kappa shape index (κ3) is 4.56. The third-order valence-corrected chi connectivity index (χ3v) is 4.34. The second-order valence-corrected chi connectivity index (χ2v) is 5.75. The zero-order chi connectivity index (χ0) is 12.8. The van der Waals surface area contributed by atoms with E-state index in [9.17, 15) is 4.79 Å². The molecule has 0 aliphatic heterocycles. The van der Waals surface area contributed by atoms with Crippen LogP contribution in [0.1, 0.15) is 26.7 Å². The molecule has 0 saturated heterocycles. The highest BCUT2D eigenvalue weighted by Gasteiger charge is 2.32. The average molecular weight is 275 g/mol. The van der Waals surface area contributed by atoms with Crippen molar-refractivity contribution in [2.24, 2.45) is 5.41 Å². The Labute approximate surface area is 110 Å². The Bertz CT molecular complexity index is 348. The Kier molecular flexibility index (Phi) is 6.72. The number of rotatable bonds is 6. The number of carboxylic acid groups (broad SMARTS) is 1. The summed E-state index contributed by atoms with van der Waals surface area (Å²) < 4.78 is 0.514. The highest BCUT2D eigenvalue weighted by Crippen LogP contribution is 2.30. The predicted molar refractivity (Wildman–Crippen MR) is 73.9 cm³/mol. The van der Waals surface area contributed by atoms with Gasteiger partial charge < -0.3 is 5.11 Å². The molecule has 0 heterocycles. The first-order valence-corrected chi connectivity index (χ1v) is 6.52. The van der Waals surface area contributed by atoms with Gasteiger partial charge >= 0.3 is 5.97 Å². The standard InChI is InChI=1S/C10H13NO2S3/c1-3-4-16-9(15)10(2,6-11)5-7(14)8(12)13/h3-5H2,1-2H3,(H,12,13). The van der Waals surface area contributed by atoms with Crippen molar-refractivity contribution in [3.05, 3.63) is 0 Å². The fraction of sp³-hybridized carbons (Fsp3) is 0.600.